The van der Waals surface area contributed by atoms with Crippen molar-refractivity contribution in [3.05, 3.63) is 11.6 Å². The lowest BCUT2D eigenvalue weighted by atomic mass is 10.2. The molecular weight excluding hydrogens is 256 g/mol. The Morgan fingerprint density at radius 2 is 2.25 bits per heavy atom. The molecule has 20 heavy (non-hydrogen) atoms. The molecule has 0 bridgehead atoms. The number of ether oxygens (including phenoxy) is 1. The summed E-state index contributed by atoms with van der Waals surface area (Å²) < 4.78 is 5.26. The van der Waals surface area contributed by atoms with Gasteiger partial charge >= 0.3 is 0 Å². The first-order valence-electron chi connectivity index (χ1n) is 6.75. The van der Waals surface area contributed by atoms with Gasteiger partial charge in [-0.2, -0.15) is 10.2 Å². The SMILES string of the molecule is CCCCCC(=O)Nc1cc(N)c(C#N)c(OCC)n1. The third kappa shape index (κ3) is 4.43. The number of unbranched alkanes of at least 4 members (excludes halogenated alkanes) is 2. The maximum absolute atomic E-state index is 11.7. The summed E-state index contributed by atoms with van der Waals surface area (Å²) in [6.07, 6.45) is 3.36. The fourth-order valence-corrected chi connectivity index (χ4v) is 1.70. The molecule has 0 aliphatic rings. The number of rotatable bonds is 7. The van der Waals surface area contributed by atoms with Gasteiger partial charge in [-0.1, -0.05) is 19.8 Å². The van der Waals surface area contributed by atoms with Crippen LogP contribution in [0.1, 0.15) is 45.1 Å². The maximum Gasteiger partial charge on any atom is 0.235 e. The van der Waals surface area contributed by atoms with Crippen LogP contribution >= 0.6 is 0 Å². The average Bonchev–Trinajstić information content (AvgIpc) is 2.39. The number of anilines is 2. The molecular formula is C14H20N4O2. The molecule has 0 unspecified atom stereocenters. The van der Waals surface area contributed by atoms with Crippen molar-refractivity contribution in [2.75, 3.05) is 17.7 Å². The van der Waals surface area contributed by atoms with Crippen molar-refractivity contribution >= 4 is 17.4 Å². The molecule has 0 aliphatic heterocycles. The standard InChI is InChI=1S/C14H20N4O2/c1-3-5-6-7-13(19)17-12-8-11(16)10(9-15)14(18-12)20-4-2/h8H,3-7H2,1-2H3,(H3,16,17,18,19). The first-order chi connectivity index (χ1) is 9.62. The summed E-state index contributed by atoms with van der Waals surface area (Å²) in [4.78, 5) is 15.8. The molecule has 0 radical (unpaired) electrons. The topological polar surface area (TPSA) is 101 Å². The number of carbonyl (C=O) groups is 1. The van der Waals surface area contributed by atoms with Crippen LogP contribution in [0.4, 0.5) is 11.5 Å². The van der Waals surface area contributed by atoms with E-state index in [0.717, 1.165) is 19.3 Å². The predicted octanol–water partition coefficient (Wildman–Crippen LogP) is 2.45. The normalized spacial score (nSPS) is 9.85. The highest BCUT2D eigenvalue weighted by molar-refractivity contribution is 5.90. The number of nitrogens with one attached hydrogen (secondary N) is 1. The van der Waals surface area contributed by atoms with E-state index in [4.69, 9.17) is 15.7 Å². The summed E-state index contributed by atoms with van der Waals surface area (Å²) >= 11 is 0. The Bertz CT molecular complexity index is 509. The highest BCUT2D eigenvalue weighted by Crippen LogP contribution is 2.25. The fourth-order valence-electron chi connectivity index (χ4n) is 1.70. The Labute approximate surface area is 118 Å². The average molecular weight is 276 g/mol. The second-order valence-electron chi connectivity index (χ2n) is 4.33. The van der Waals surface area contributed by atoms with Crippen molar-refractivity contribution in [1.29, 1.82) is 5.26 Å². The molecule has 0 spiro atoms. The number of pyridine rings is 1. The summed E-state index contributed by atoms with van der Waals surface area (Å²) in [5.74, 6) is 0.350. The van der Waals surface area contributed by atoms with Crippen molar-refractivity contribution in [3.63, 3.8) is 0 Å². The van der Waals surface area contributed by atoms with Gasteiger partial charge in [0.1, 0.15) is 17.5 Å². The number of nitrogens with two attached hydrogens (primary N) is 1. The van der Waals surface area contributed by atoms with Gasteiger partial charge in [0.25, 0.3) is 0 Å². The predicted molar refractivity (Wildman–Crippen MR) is 77.3 cm³/mol. The summed E-state index contributed by atoms with van der Waals surface area (Å²) in [7, 11) is 0. The van der Waals surface area contributed by atoms with Crippen LogP contribution in [0, 0.1) is 11.3 Å². The van der Waals surface area contributed by atoms with E-state index in [2.05, 4.69) is 17.2 Å². The maximum atomic E-state index is 11.7. The van der Waals surface area contributed by atoms with Gasteiger partial charge in [-0.05, 0) is 13.3 Å². The van der Waals surface area contributed by atoms with E-state index < -0.39 is 0 Å². The molecule has 0 saturated heterocycles. The molecule has 6 heteroatoms. The Morgan fingerprint density at radius 1 is 1.50 bits per heavy atom. The lowest BCUT2D eigenvalue weighted by molar-refractivity contribution is -0.116. The molecule has 1 aromatic rings. The highest BCUT2D eigenvalue weighted by Gasteiger charge is 2.13. The molecule has 0 saturated carbocycles. The fraction of sp³-hybridized carbons (Fsp3) is 0.500. The Morgan fingerprint density at radius 3 is 2.85 bits per heavy atom. The van der Waals surface area contributed by atoms with Crippen molar-refractivity contribution in [1.82, 2.24) is 4.98 Å². The number of aromatic nitrogens is 1. The van der Waals surface area contributed by atoms with Crippen LogP contribution in [0.15, 0.2) is 6.07 Å². The molecule has 1 amide bonds. The lowest BCUT2D eigenvalue weighted by Gasteiger charge is -2.10. The summed E-state index contributed by atoms with van der Waals surface area (Å²) in [6, 6.07) is 3.42. The van der Waals surface area contributed by atoms with Crippen LogP contribution in [-0.2, 0) is 4.79 Å². The number of hydrogen-bond acceptors (Lipinski definition) is 5. The van der Waals surface area contributed by atoms with Gasteiger partial charge in [-0.25, -0.2) is 0 Å². The quantitative estimate of drug-likeness (QED) is 0.745. The second-order valence-corrected chi connectivity index (χ2v) is 4.33. The van der Waals surface area contributed by atoms with Crippen molar-refractivity contribution < 1.29 is 9.53 Å². The first kappa shape index (κ1) is 15.8. The zero-order chi connectivity index (χ0) is 15.0. The molecule has 0 aromatic carbocycles. The van der Waals surface area contributed by atoms with Crippen molar-refractivity contribution in [2.24, 2.45) is 0 Å². The summed E-state index contributed by atoms with van der Waals surface area (Å²) in [6.45, 7) is 4.24. The van der Waals surface area contributed by atoms with E-state index >= 15 is 0 Å². The van der Waals surface area contributed by atoms with Crippen LogP contribution < -0.4 is 15.8 Å². The number of nitrogen functional groups attached to an aromatic ring is 1. The van der Waals surface area contributed by atoms with Gasteiger partial charge in [0.15, 0.2) is 0 Å². The van der Waals surface area contributed by atoms with Crippen LogP contribution in [0.3, 0.4) is 0 Å². The zero-order valence-corrected chi connectivity index (χ0v) is 11.9. The Balaban J connectivity index is 2.81. The van der Waals surface area contributed by atoms with Gasteiger partial charge in [0.05, 0.1) is 12.3 Å². The van der Waals surface area contributed by atoms with Gasteiger partial charge in [0, 0.05) is 12.5 Å². The van der Waals surface area contributed by atoms with Gasteiger partial charge in [-0.3, -0.25) is 4.79 Å². The lowest BCUT2D eigenvalue weighted by Crippen LogP contribution is -2.13. The Hall–Kier alpha value is -2.29. The number of hydrogen-bond donors (Lipinski definition) is 2. The monoisotopic (exact) mass is 276 g/mol. The third-order valence-electron chi connectivity index (χ3n) is 2.68. The minimum atomic E-state index is -0.113. The smallest absolute Gasteiger partial charge is 0.235 e. The van der Waals surface area contributed by atoms with E-state index in [1.165, 1.54) is 6.07 Å². The van der Waals surface area contributed by atoms with Crippen molar-refractivity contribution in [3.8, 4) is 11.9 Å². The number of nitriles is 1. The zero-order valence-electron chi connectivity index (χ0n) is 11.9. The molecule has 0 fully saturated rings. The van der Waals surface area contributed by atoms with E-state index in [-0.39, 0.29) is 23.0 Å². The van der Waals surface area contributed by atoms with Crippen LogP contribution in [0.5, 0.6) is 5.88 Å². The minimum absolute atomic E-state index is 0.113. The molecule has 1 heterocycles. The number of amides is 1. The molecule has 1 aromatic heterocycles. The first-order valence-corrected chi connectivity index (χ1v) is 6.75. The molecule has 108 valence electrons. The van der Waals surface area contributed by atoms with Crippen LogP contribution in [0.2, 0.25) is 0 Å². The highest BCUT2D eigenvalue weighted by atomic mass is 16.5. The van der Waals surface area contributed by atoms with E-state index in [9.17, 15) is 4.79 Å². The molecule has 0 aliphatic carbocycles. The Kier molecular flexibility index (Phi) is 6.30. The number of carbonyl (C=O) groups excluding carboxylic acids is 1. The van der Waals surface area contributed by atoms with Gasteiger partial charge < -0.3 is 15.8 Å². The third-order valence-corrected chi connectivity index (χ3v) is 2.68. The van der Waals surface area contributed by atoms with E-state index in [1.54, 1.807) is 6.92 Å². The van der Waals surface area contributed by atoms with E-state index in [0.29, 0.717) is 18.8 Å². The summed E-state index contributed by atoms with van der Waals surface area (Å²) in [5, 5.41) is 11.7. The molecule has 1 rings (SSSR count). The van der Waals surface area contributed by atoms with Crippen LogP contribution in [0.25, 0.3) is 0 Å². The van der Waals surface area contributed by atoms with Gasteiger partial charge in [0.2, 0.25) is 11.8 Å². The van der Waals surface area contributed by atoms with E-state index in [1.807, 2.05) is 6.07 Å². The number of nitrogens with zero attached hydrogens (tertiary/aromatic N) is 2. The minimum Gasteiger partial charge on any atom is -0.477 e. The van der Waals surface area contributed by atoms with Crippen molar-refractivity contribution in [2.45, 2.75) is 39.5 Å². The summed E-state index contributed by atoms with van der Waals surface area (Å²) in [5.41, 5.74) is 6.20. The molecule has 0 atom stereocenters. The molecule has 3 N–H and O–H groups in total. The van der Waals surface area contributed by atoms with Crippen LogP contribution in [-0.4, -0.2) is 17.5 Å². The second kappa shape index (κ2) is 8.00. The molecule has 6 nitrogen and oxygen atoms in total. The largest absolute Gasteiger partial charge is 0.477 e. The van der Waals surface area contributed by atoms with Gasteiger partial charge in [-0.15, -0.1) is 0 Å².